The normalized spacial score (nSPS) is 35.5. The lowest BCUT2D eigenvalue weighted by Gasteiger charge is -2.34. The number of carbonyl (C=O) groups is 2. The fourth-order valence-electron chi connectivity index (χ4n) is 4.46. The molecule has 4 aliphatic rings. The van der Waals surface area contributed by atoms with E-state index >= 15 is 0 Å². The molecule has 2 heterocycles. The van der Waals surface area contributed by atoms with Gasteiger partial charge in [0.05, 0.1) is 11.8 Å². The third-order valence-electron chi connectivity index (χ3n) is 5.64. The van der Waals surface area contributed by atoms with Crippen molar-refractivity contribution in [2.45, 2.75) is 58.8 Å². The number of allylic oxidation sites excluding steroid dienone is 1. The Morgan fingerprint density at radius 1 is 1.25 bits per heavy atom. The molecule has 24 heavy (non-hydrogen) atoms. The highest BCUT2D eigenvalue weighted by Gasteiger charge is 2.52. The molecule has 5 heteroatoms. The molecule has 2 aliphatic carbocycles. The Hall–Kier alpha value is -2.04. The second-order valence-corrected chi connectivity index (χ2v) is 7.72. The number of carbonyl (C=O) groups excluding carboxylic acids is 2. The molecule has 0 saturated carbocycles. The van der Waals surface area contributed by atoms with E-state index in [-0.39, 0.29) is 29.4 Å². The van der Waals surface area contributed by atoms with Crippen molar-refractivity contribution in [2.75, 3.05) is 0 Å². The molecule has 0 aromatic heterocycles. The van der Waals surface area contributed by atoms with Gasteiger partial charge in [-0.25, -0.2) is 9.59 Å². The molecule has 0 N–H and O–H groups in total. The van der Waals surface area contributed by atoms with E-state index < -0.39 is 6.29 Å². The average molecular weight is 330 g/mol. The van der Waals surface area contributed by atoms with E-state index in [2.05, 4.69) is 13.8 Å². The lowest BCUT2D eigenvalue weighted by atomic mass is 9.72. The van der Waals surface area contributed by atoms with Gasteiger partial charge in [0.2, 0.25) is 0 Å². The van der Waals surface area contributed by atoms with Crippen LogP contribution < -0.4 is 0 Å². The highest BCUT2D eigenvalue weighted by atomic mass is 16.7. The van der Waals surface area contributed by atoms with Crippen LogP contribution in [0.4, 0.5) is 0 Å². The van der Waals surface area contributed by atoms with Gasteiger partial charge in [-0.15, -0.1) is 0 Å². The van der Waals surface area contributed by atoms with E-state index in [1.807, 2.05) is 0 Å². The van der Waals surface area contributed by atoms with Crippen molar-refractivity contribution in [1.82, 2.24) is 0 Å². The number of hydrogen-bond donors (Lipinski definition) is 0. The van der Waals surface area contributed by atoms with Crippen LogP contribution in [0, 0.1) is 11.3 Å². The molecule has 0 aromatic rings. The minimum atomic E-state index is -0.753. The lowest BCUT2D eigenvalue weighted by molar-refractivity contribution is -0.152. The topological polar surface area (TPSA) is 61.8 Å². The Bertz CT molecular complexity index is 709. The summed E-state index contributed by atoms with van der Waals surface area (Å²) in [5, 5.41) is 0. The molecule has 4 rings (SSSR count). The van der Waals surface area contributed by atoms with Crippen LogP contribution in [-0.4, -0.2) is 24.3 Å². The van der Waals surface area contributed by atoms with Crippen LogP contribution >= 0.6 is 0 Å². The zero-order valence-electron chi connectivity index (χ0n) is 14.3. The summed E-state index contributed by atoms with van der Waals surface area (Å²) >= 11 is 0. The number of hydrogen-bond acceptors (Lipinski definition) is 5. The van der Waals surface area contributed by atoms with Crippen LogP contribution in [0.3, 0.4) is 0 Å². The van der Waals surface area contributed by atoms with Gasteiger partial charge < -0.3 is 14.2 Å². The van der Waals surface area contributed by atoms with Crippen LogP contribution in [-0.2, 0) is 23.8 Å². The van der Waals surface area contributed by atoms with Gasteiger partial charge in [-0.1, -0.05) is 19.4 Å². The van der Waals surface area contributed by atoms with Gasteiger partial charge in [0, 0.05) is 17.6 Å². The van der Waals surface area contributed by atoms with Gasteiger partial charge in [-0.05, 0) is 43.6 Å². The Labute approximate surface area is 141 Å². The number of ether oxygens (including phenoxy) is 3. The fraction of sp³-hybridized carbons (Fsp3) is 0.579. The standard InChI is InChI=1S/C19H22O5/c1-10-7-14(23-17(10)20)22-9-13-12-8-11-5-4-6-19(2,3)15(11)16(12)24-18(13)21/h7,9,12,14,16H,4-6,8H2,1-3H3/b13-9+/t12-,14-,16+/m1/s1. The Morgan fingerprint density at radius 2 is 2.04 bits per heavy atom. The maximum atomic E-state index is 12.3. The summed E-state index contributed by atoms with van der Waals surface area (Å²) in [5.41, 5.74) is 3.93. The van der Waals surface area contributed by atoms with Gasteiger partial charge in [0.1, 0.15) is 6.10 Å². The summed E-state index contributed by atoms with van der Waals surface area (Å²) in [5.74, 6) is -0.671. The highest BCUT2D eigenvalue weighted by molar-refractivity contribution is 5.92. The van der Waals surface area contributed by atoms with Gasteiger partial charge in [0.25, 0.3) is 6.29 Å². The van der Waals surface area contributed by atoms with Crippen LogP contribution in [0.2, 0.25) is 0 Å². The van der Waals surface area contributed by atoms with Crippen molar-refractivity contribution in [1.29, 1.82) is 0 Å². The molecule has 1 fully saturated rings. The zero-order chi connectivity index (χ0) is 17.1. The number of cyclic esters (lactones) is 1. The molecule has 0 aromatic carbocycles. The monoisotopic (exact) mass is 330 g/mol. The quantitative estimate of drug-likeness (QED) is 0.337. The predicted octanol–water partition coefficient (Wildman–Crippen LogP) is 3.17. The van der Waals surface area contributed by atoms with Crippen LogP contribution in [0.25, 0.3) is 0 Å². The first-order valence-corrected chi connectivity index (χ1v) is 8.55. The molecule has 0 radical (unpaired) electrons. The molecular formula is C19H22O5. The minimum Gasteiger partial charge on any atom is -0.458 e. The predicted molar refractivity (Wildman–Crippen MR) is 85.5 cm³/mol. The molecule has 0 spiro atoms. The second-order valence-electron chi connectivity index (χ2n) is 7.72. The molecule has 5 nitrogen and oxygen atoms in total. The van der Waals surface area contributed by atoms with Crippen molar-refractivity contribution >= 4 is 11.9 Å². The van der Waals surface area contributed by atoms with Crippen molar-refractivity contribution < 1.29 is 23.8 Å². The van der Waals surface area contributed by atoms with E-state index in [1.165, 1.54) is 23.8 Å². The van der Waals surface area contributed by atoms with E-state index in [1.54, 1.807) is 13.0 Å². The van der Waals surface area contributed by atoms with Gasteiger partial charge in [0.15, 0.2) is 0 Å². The Morgan fingerprint density at radius 3 is 2.75 bits per heavy atom. The first kappa shape index (κ1) is 15.5. The summed E-state index contributed by atoms with van der Waals surface area (Å²) in [4.78, 5) is 23.7. The Balaban J connectivity index is 1.55. The van der Waals surface area contributed by atoms with Crippen molar-refractivity contribution in [3.05, 3.63) is 34.6 Å². The summed E-state index contributed by atoms with van der Waals surface area (Å²) < 4.78 is 16.2. The summed E-state index contributed by atoms with van der Waals surface area (Å²) in [6.45, 7) is 6.15. The van der Waals surface area contributed by atoms with Crippen molar-refractivity contribution in [2.24, 2.45) is 11.3 Å². The molecule has 3 atom stereocenters. The molecule has 0 bridgehead atoms. The number of fused-ring (bicyclic) bond motifs is 2. The van der Waals surface area contributed by atoms with E-state index in [4.69, 9.17) is 14.2 Å². The summed E-state index contributed by atoms with van der Waals surface area (Å²) in [7, 11) is 0. The minimum absolute atomic E-state index is 0.0297. The average Bonchev–Trinajstić information content (AvgIpc) is 3.10. The largest absolute Gasteiger partial charge is 0.458 e. The van der Waals surface area contributed by atoms with E-state index in [9.17, 15) is 9.59 Å². The zero-order valence-corrected chi connectivity index (χ0v) is 14.3. The highest BCUT2D eigenvalue weighted by Crippen LogP contribution is 2.54. The maximum absolute atomic E-state index is 12.3. The molecule has 128 valence electrons. The molecule has 2 aliphatic heterocycles. The number of esters is 2. The van der Waals surface area contributed by atoms with Crippen LogP contribution in [0.5, 0.6) is 0 Å². The third-order valence-corrected chi connectivity index (χ3v) is 5.64. The van der Waals surface area contributed by atoms with Gasteiger partial charge in [-0.3, -0.25) is 0 Å². The molecular weight excluding hydrogens is 308 g/mol. The van der Waals surface area contributed by atoms with Crippen molar-refractivity contribution in [3.63, 3.8) is 0 Å². The first-order valence-electron chi connectivity index (χ1n) is 8.55. The molecule has 0 amide bonds. The van der Waals surface area contributed by atoms with Gasteiger partial charge in [-0.2, -0.15) is 0 Å². The van der Waals surface area contributed by atoms with Gasteiger partial charge >= 0.3 is 11.9 Å². The van der Waals surface area contributed by atoms with Crippen molar-refractivity contribution in [3.8, 4) is 0 Å². The van der Waals surface area contributed by atoms with E-state index in [0.717, 1.165) is 19.3 Å². The fourth-order valence-corrected chi connectivity index (χ4v) is 4.46. The lowest BCUT2D eigenvalue weighted by Crippen LogP contribution is -2.27. The third kappa shape index (κ3) is 2.29. The second kappa shape index (κ2) is 5.23. The SMILES string of the molecule is CC1=C[C@H](O/C=C2/C(=O)O[C@@H]3C4=C(CCCC4(C)C)C[C@H]23)OC1=O. The van der Waals surface area contributed by atoms with Crippen LogP contribution in [0.1, 0.15) is 46.5 Å². The summed E-state index contributed by atoms with van der Waals surface area (Å²) in [6.07, 6.45) is 6.42. The Kier molecular flexibility index (Phi) is 3.37. The first-order chi connectivity index (χ1) is 11.4. The molecule has 1 saturated heterocycles. The van der Waals surface area contributed by atoms with E-state index in [0.29, 0.717) is 11.1 Å². The maximum Gasteiger partial charge on any atom is 0.338 e. The molecule has 0 unspecified atom stereocenters. The summed E-state index contributed by atoms with van der Waals surface area (Å²) in [6, 6.07) is 0. The number of rotatable bonds is 2. The smallest absolute Gasteiger partial charge is 0.338 e. The van der Waals surface area contributed by atoms with Crippen LogP contribution in [0.15, 0.2) is 34.6 Å².